The number of carbonyl (C=O) groups is 1. The predicted molar refractivity (Wildman–Crippen MR) is 86.8 cm³/mol. The SMILES string of the molecule is O=C(O)COc1ccc(Cl)cc1CN1Cc2cnn(CCO)c2C1. The fraction of sp³-hybridized carbons (Fsp3) is 0.375. The minimum Gasteiger partial charge on any atom is -0.482 e. The molecule has 1 aromatic heterocycles. The van der Waals surface area contributed by atoms with E-state index in [2.05, 4.69) is 10.00 Å². The lowest BCUT2D eigenvalue weighted by molar-refractivity contribution is -0.139. The van der Waals surface area contributed by atoms with Crippen molar-refractivity contribution in [1.29, 1.82) is 0 Å². The van der Waals surface area contributed by atoms with Crippen LogP contribution in [0.1, 0.15) is 16.8 Å². The molecule has 2 N–H and O–H groups in total. The Morgan fingerprint density at radius 3 is 2.96 bits per heavy atom. The first-order valence-electron chi connectivity index (χ1n) is 7.56. The van der Waals surface area contributed by atoms with Gasteiger partial charge in [-0.05, 0) is 18.2 Å². The Bertz CT molecular complexity index is 747. The maximum absolute atomic E-state index is 10.7. The fourth-order valence-corrected chi connectivity index (χ4v) is 3.06. The van der Waals surface area contributed by atoms with Gasteiger partial charge in [0, 0.05) is 35.8 Å². The van der Waals surface area contributed by atoms with Crippen molar-refractivity contribution in [2.24, 2.45) is 0 Å². The first-order chi connectivity index (χ1) is 11.6. The van der Waals surface area contributed by atoms with Crippen LogP contribution in [0.25, 0.3) is 0 Å². The molecule has 0 radical (unpaired) electrons. The molecule has 128 valence electrons. The van der Waals surface area contributed by atoms with Gasteiger partial charge in [0.05, 0.1) is 25.0 Å². The van der Waals surface area contributed by atoms with E-state index in [0.29, 0.717) is 30.4 Å². The molecule has 24 heavy (non-hydrogen) atoms. The molecule has 0 aliphatic carbocycles. The van der Waals surface area contributed by atoms with Crippen molar-refractivity contribution in [3.63, 3.8) is 0 Å². The van der Waals surface area contributed by atoms with Crippen LogP contribution in [0, 0.1) is 0 Å². The summed E-state index contributed by atoms with van der Waals surface area (Å²) in [6, 6.07) is 5.17. The van der Waals surface area contributed by atoms with Gasteiger partial charge in [-0.2, -0.15) is 5.10 Å². The Morgan fingerprint density at radius 1 is 1.38 bits per heavy atom. The van der Waals surface area contributed by atoms with E-state index in [-0.39, 0.29) is 13.2 Å². The average molecular weight is 352 g/mol. The highest BCUT2D eigenvalue weighted by molar-refractivity contribution is 6.30. The largest absolute Gasteiger partial charge is 0.482 e. The topological polar surface area (TPSA) is 87.8 Å². The maximum Gasteiger partial charge on any atom is 0.341 e. The molecule has 8 heteroatoms. The van der Waals surface area contributed by atoms with Gasteiger partial charge in [-0.3, -0.25) is 9.58 Å². The van der Waals surface area contributed by atoms with E-state index in [1.807, 2.05) is 10.9 Å². The number of hydrogen-bond donors (Lipinski definition) is 2. The van der Waals surface area contributed by atoms with Crippen LogP contribution < -0.4 is 4.74 Å². The highest BCUT2D eigenvalue weighted by Gasteiger charge is 2.24. The van der Waals surface area contributed by atoms with Crippen LogP contribution in [0.15, 0.2) is 24.4 Å². The molecule has 1 aromatic carbocycles. The zero-order valence-corrected chi connectivity index (χ0v) is 13.7. The Kier molecular flexibility index (Phi) is 5.03. The number of benzene rings is 1. The second-order valence-electron chi connectivity index (χ2n) is 5.64. The van der Waals surface area contributed by atoms with Gasteiger partial charge in [-0.15, -0.1) is 0 Å². The van der Waals surface area contributed by atoms with E-state index >= 15 is 0 Å². The lowest BCUT2D eigenvalue weighted by atomic mass is 10.2. The number of aliphatic carboxylic acids is 1. The Hall–Kier alpha value is -2.09. The molecule has 0 bridgehead atoms. The molecule has 0 fully saturated rings. The molecule has 0 unspecified atom stereocenters. The quantitative estimate of drug-likeness (QED) is 0.786. The summed E-state index contributed by atoms with van der Waals surface area (Å²) in [5.74, 6) is -0.497. The number of ether oxygens (including phenoxy) is 1. The number of fused-ring (bicyclic) bond motifs is 1. The number of carboxylic acids is 1. The van der Waals surface area contributed by atoms with Crippen LogP contribution in [0.3, 0.4) is 0 Å². The summed E-state index contributed by atoms with van der Waals surface area (Å²) < 4.78 is 7.16. The summed E-state index contributed by atoms with van der Waals surface area (Å²) >= 11 is 6.07. The van der Waals surface area contributed by atoms with Crippen molar-refractivity contribution in [1.82, 2.24) is 14.7 Å². The standard InChI is InChI=1S/C16H18ClN3O4/c17-13-1-2-15(24-10-16(22)23)11(5-13)7-19-8-12-6-18-20(3-4-21)14(12)9-19/h1-2,5-6,21H,3-4,7-10H2,(H,22,23). The van der Waals surface area contributed by atoms with Gasteiger partial charge in [-0.25, -0.2) is 4.79 Å². The molecule has 1 aliphatic heterocycles. The van der Waals surface area contributed by atoms with Gasteiger partial charge >= 0.3 is 5.97 Å². The van der Waals surface area contributed by atoms with Gasteiger partial charge in [0.2, 0.25) is 0 Å². The number of aliphatic hydroxyl groups is 1. The molecule has 2 aromatic rings. The van der Waals surface area contributed by atoms with Crippen LogP contribution >= 0.6 is 11.6 Å². The fourth-order valence-electron chi connectivity index (χ4n) is 2.87. The molecular formula is C16H18ClN3O4. The Labute approximate surface area is 144 Å². The van der Waals surface area contributed by atoms with Crippen molar-refractivity contribution in [2.45, 2.75) is 26.2 Å². The minimum absolute atomic E-state index is 0.0512. The second kappa shape index (κ2) is 7.21. The first kappa shape index (κ1) is 16.8. The Morgan fingerprint density at radius 2 is 2.21 bits per heavy atom. The molecular weight excluding hydrogens is 334 g/mol. The first-order valence-corrected chi connectivity index (χ1v) is 7.94. The van der Waals surface area contributed by atoms with Gasteiger partial charge in [0.15, 0.2) is 6.61 Å². The monoisotopic (exact) mass is 351 g/mol. The van der Waals surface area contributed by atoms with Crippen molar-refractivity contribution >= 4 is 17.6 Å². The second-order valence-corrected chi connectivity index (χ2v) is 6.08. The van der Waals surface area contributed by atoms with Gasteiger partial charge in [0.25, 0.3) is 0 Å². The summed E-state index contributed by atoms with van der Waals surface area (Å²) in [4.78, 5) is 12.9. The number of halogens is 1. The number of aromatic nitrogens is 2. The highest BCUT2D eigenvalue weighted by Crippen LogP contribution is 2.29. The lowest BCUT2D eigenvalue weighted by Crippen LogP contribution is -2.19. The number of nitrogens with zero attached hydrogens (tertiary/aromatic N) is 3. The molecule has 3 rings (SSSR count). The number of hydrogen-bond acceptors (Lipinski definition) is 5. The Balaban J connectivity index is 1.72. The number of aliphatic hydroxyl groups excluding tert-OH is 1. The molecule has 2 heterocycles. The van der Waals surface area contributed by atoms with Gasteiger partial charge in [-0.1, -0.05) is 11.6 Å². The summed E-state index contributed by atoms with van der Waals surface area (Å²) in [6.07, 6.45) is 1.82. The normalized spacial score (nSPS) is 13.9. The maximum atomic E-state index is 10.7. The van der Waals surface area contributed by atoms with Crippen molar-refractivity contribution < 1.29 is 19.7 Å². The molecule has 0 spiro atoms. The molecule has 1 aliphatic rings. The zero-order chi connectivity index (χ0) is 17.1. The third-order valence-electron chi connectivity index (χ3n) is 3.88. The van der Waals surface area contributed by atoms with Crippen LogP contribution in [0.4, 0.5) is 0 Å². The average Bonchev–Trinajstić information content (AvgIpc) is 3.08. The van der Waals surface area contributed by atoms with E-state index in [1.165, 1.54) is 0 Å². The van der Waals surface area contributed by atoms with E-state index in [1.54, 1.807) is 18.2 Å². The van der Waals surface area contributed by atoms with Crippen LogP contribution in [-0.4, -0.2) is 44.1 Å². The molecule has 7 nitrogen and oxygen atoms in total. The number of carboxylic acid groups (broad SMARTS) is 1. The minimum atomic E-state index is -1.02. The van der Waals surface area contributed by atoms with Crippen LogP contribution in [0.2, 0.25) is 5.02 Å². The zero-order valence-electron chi connectivity index (χ0n) is 13.0. The third kappa shape index (κ3) is 3.69. The third-order valence-corrected chi connectivity index (χ3v) is 4.12. The summed E-state index contributed by atoms with van der Waals surface area (Å²) in [5, 5.41) is 22.7. The van der Waals surface area contributed by atoms with Crippen LogP contribution in [-0.2, 0) is 31.0 Å². The van der Waals surface area contributed by atoms with Crippen LogP contribution in [0.5, 0.6) is 5.75 Å². The molecule has 0 saturated carbocycles. The lowest BCUT2D eigenvalue weighted by Gasteiger charge is -2.18. The highest BCUT2D eigenvalue weighted by atomic mass is 35.5. The van der Waals surface area contributed by atoms with Crippen molar-refractivity contribution in [3.8, 4) is 5.75 Å². The summed E-state index contributed by atoms with van der Waals surface area (Å²) in [7, 11) is 0. The van der Waals surface area contributed by atoms with E-state index in [9.17, 15) is 4.79 Å². The van der Waals surface area contributed by atoms with E-state index in [4.69, 9.17) is 26.6 Å². The molecule has 0 atom stereocenters. The summed E-state index contributed by atoms with van der Waals surface area (Å²) in [6.45, 7) is 2.18. The van der Waals surface area contributed by atoms with E-state index < -0.39 is 5.97 Å². The van der Waals surface area contributed by atoms with Gasteiger partial charge in [0.1, 0.15) is 5.75 Å². The van der Waals surface area contributed by atoms with Gasteiger partial charge < -0.3 is 14.9 Å². The van der Waals surface area contributed by atoms with E-state index in [0.717, 1.165) is 23.4 Å². The summed E-state index contributed by atoms with van der Waals surface area (Å²) in [5.41, 5.74) is 3.08. The predicted octanol–water partition coefficient (Wildman–Crippen LogP) is 1.51. The number of rotatable bonds is 7. The van der Waals surface area contributed by atoms with Crippen molar-refractivity contribution in [2.75, 3.05) is 13.2 Å². The molecule has 0 amide bonds. The van der Waals surface area contributed by atoms with Crippen molar-refractivity contribution in [3.05, 3.63) is 46.2 Å². The molecule has 0 saturated heterocycles. The smallest absolute Gasteiger partial charge is 0.341 e.